The lowest BCUT2D eigenvalue weighted by Gasteiger charge is -2.03. The molecule has 0 aliphatic carbocycles. The Balaban J connectivity index is 2.72. The van der Waals surface area contributed by atoms with Crippen LogP contribution in [0.25, 0.3) is 10.1 Å². The molecule has 0 bridgehead atoms. The third kappa shape index (κ3) is 1.50. The maximum absolute atomic E-state index is 13.0. The van der Waals surface area contributed by atoms with Crippen LogP contribution in [0.2, 0.25) is 0 Å². The van der Waals surface area contributed by atoms with Gasteiger partial charge >= 0.3 is 0 Å². The zero-order valence-electron chi connectivity index (χ0n) is 6.80. The lowest BCUT2D eigenvalue weighted by molar-refractivity contribution is 0.148. The molecule has 0 fully saturated rings. The molecule has 1 heterocycles. The van der Waals surface area contributed by atoms with Gasteiger partial charge in [0.15, 0.2) is 0 Å². The van der Waals surface area contributed by atoms with Crippen LogP contribution in [0.4, 0.5) is 13.2 Å². The quantitative estimate of drug-likeness (QED) is 0.700. The van der Waals surface area contributed by atoms with Crippen LogP contribution in [0.1, 0.15) is 12.0 Å². The van der Waals surface area contributed by atoms with E-state index < -0.39 is 6.43 Å². The second-order valence-corrected chi connectivity index (χ2v) is 4.18. The maximum Gasteiger partial charge on any atom is 0.264 e. The monoisotopic (exact) mass is 234 g/mol. The normalized spacial score (nSPS) is 11.5. The first-order valence-corrected chi connectivity index (χ1v) is 5.10. The van der Waals surface area contributed by atoms with Crippen molar-refractivity contribution >= 4 is 34.1 Å². The molecule has 0 atom stereocenters. The predicted molar refractivity (Wildman–Crippen MR) is 54.0 cm³/mol. The molecule has 14 heavy (non-hydrogen) atoms. The Morgan fingerprint density at radius 2 is 2.00 bits per heavy atom. The van der Waals surface area contributed by atoms with Gasteiger partial charge in [-0.15, -0.1) is 24.0 Å². The molecule has 0 N–H and O–H groups in total. The number of thiophene rings is 1. The standard InChI is InChI=1S/C9H5F3S2/c10-6-3-14-8-2-5(9(11)12)7(13)1-4(6)8/h1-3,9,13H. The molecule has 2 rings (SSSR count). The number of rotatable bonds is 1. The Hall–Kier alpha value is -0.680. The average molecular weight is 234 g/mol. The van der Waals surface area contributed by atoms with Crippen LogP contribution >= 0.6 is 24.0 Å². The summed E-state index contributed by atoms with van der Waals surface area (Å²) in [5.41, 5.74) is -0.150. The Kier molecular flexibility index (Phi) is 2.45. The highest BCUT2D eigenvalue weighted by Gasteiger charge is 2.14. The van der Waals surface area contributed by atoms with Crippen molar-refractivity contribution in [1.82, 2.24) is 0 Å². The van der Waals surface area contributed by atoms with Crippen molar-refractivity contribution in [3.8, 4) is 0 Å². The topological polar surface area (TPSA) is 0 Å². The zero-order valence-corrected chi connectivity index (χ0v) is 8.51. The Morgan fingerprint density at radius 1 is 1.29 bits per heavy atom. The highest BCUT2D eigenvalue weighted by Crippen LogP contribution is 2.33. The highest BCUT2D eigenvalue weighted by molar-refractivity contribution is 7.80. The van der Waals surface area contributed by atoms with Crippen molar-refractivity contribution in [2.24, 2.45) is 0 Å². The van der Waals surface area contributed by atoms with E-state index in [9.17, 15) is 13.2 Å². The van der Waals surface area contributed by atoms with E-state index in [1.165, 1.54) is 17.5 Å². The van der Waals surface area contributed by atoms with E-state index in [4.69, 9.17) is 0 Å². The van der Waals surface area contributed by atoms with Crippen LogP contribution in [0.3, 0.4) is 0 Å². The summed E-state index contributed by atoms with van der Waals surface area (Å²) in [6, 6.07) is 2.63. The molecule has 1 aromatic heterocycles. The number of thiol groups is 1. The van der Waals surface area contributed by atoms with E-state index in [2.05, 4.69) is 12.6 Å². The molecule has 1 aromatic carbocycles. The van der Waals surface area contributed by atoms with Gasteiger partial charge in [0.2, 0.25) is 0 Å². The van der Waals surface area contributed by atoms with Crippen LogP contribution in [0, 0.1) is 5.82 Å². The van der Waals surface area contributed by atoms with E-state index in [0.29, 0.717) is 10.1 Å². The van der Waals surface area contributed by atoms with E-state index in [1.807, 2.05) is 0 Å². The Morgan fingerprint density at radius 3 is 2.64 bits per heavy atom. The van der Waals surface area contributed by atoms with Crippen molar-refractivity contribution in [1.29, 1.82) is 0 Å². The van der Waals surface area contributed by atoms with Crippen molar-refractivity contribution in [2.45, 2.75) is 11.3 Å². The average Bonchev–Trinajstić information content (AvgIpc) is 2.46. The molecule has 0 aliphatic rings. The van der Waals surface area contributed by atoms with Crippen LogP contribution in [0.15, 0.2) is 22.4 Å². The van der Waals surface area contributed by atoms with Crippen LogP contribution in [0.5, 0.6) is 0 Å². The van der Waals surface area contributed by atoms with Gasteiger partial charge in [0.25, 0.3) is 6.43 Å². The largest absolute Gasteiger partial charge is 0.264 e. The number of alkyl halides is 2. The first-order valence-electron chi connectivity index (χ1n) is 3.77. The molecule has 74 valence electrons. The summed E-state index contributed by atoms with van der Waals surface area (Å²) in [6.45, 7) is 0. The first kappa shape index (κ1) is 9.86. The number of hydrogen-bond acceptors (Lipinski definition) is 2. The van der Waals surface area contributed by atoms with Crippen LogP contribution in [-0.4, -0.2) is 0 Å². The number of halogens is 3. The fraction of sp³-hybridized carbons (Fsp3) is 0.111. The molecule has 0 saturated carbocycles. The van der Waals surface area contributed by atoms with Crippen molar-refractivity contribution in [2.75, 3.05) is 0 Å². The highest BCUT2D eigenvalue weighted by atomic mass is 32.1. The minimum atomic E-state index is -2.57. The zero-order chi connectivity index (χ0) is 10.3. The lowest BCUT2D eigenvalue weighted by Crippen LogP contribution is -1.86. The molecule has 2 aromatic rings. The number of hydrogen-bond donors (Lipinski definition) is 1. The van der Waals surface area contributed by atoms with E-state index in [-0.39, 0.29) is 16.3 Å². The smallest absolute Gasteiger partial charge is 0.205 e. The summed E-state index contributed by atoms with van der Waals surface area (Å²) in [5.74, 6) is -0.388. The third-order valence-corrected chi connectivity index (χ3v) is 3.21. The van der Waals surface area contributed by atoms with Crippen LogP contribution in [-0.2, 0) is 0 Å². The molecule has 0 unspecified atom stereocenters. The maximum atomic E-state index is 13.0. The molecule has 5 heteroatoms. The van der Waals surface area contributed by atoms with Gasteiger partial charge in [-0.2, -0.15) is 0 Å². The Bertz CT molecular complexity index is 476. The summed E-state index contributed by atoms with van der Waals surface area (Å²) < 4.78 is 38.4. The van der Waals surface area contributed by atoms with Gasteiger partial charge in [-0.3, -0.25) is 0 Å². The fourth-order valence-electron chi connectivity index (χ4n) is 1.22. The fourth-order valence-corrected chi connectivity index (χ4v) is 2.35. The van der Waals surface area contributed by atoms with Gasteiger partial charge in [-0.05, 0) is 12.1 Å². The van der Waals surface area contributed by atoms with Crippen molar-refractivity contribution in [3.63, 3.8) is 0 Å². The van der Waals surface area contributed by atoms with Crippen LogP contribution < -0.4 is 0 Å². The lowest BCUT2D eigenvalue weighted by atomic mass is 10.2. The van der Waals surface area contributed by atoms with Gasteiger partial charge in [-0.1, -0.05) is 0 Å². The molecule has 0 amide bonds. The van der Waals surface area contributed by atoms with E-state index in [0.717, 1.165) is 11.3 Å². The SMILES string of the molecule is Fc1csc2cc(C(F)F)c(S)cc12. The summed E-state index contributed by atoms with van der Waals surface area (Å²) in [7, 11) is 0. The Labute approximate surface area is 87.8 Å². The van der Waals surface area contributed by atoms with Gasteiger partial charge in [-0.25, -0.2) is 13.2 Å². The molecule has 0 saturated heterocycles. The minimum absolute atomic E-state index is 0.129. The first-order chi connectivity index (χ1) is 6.59. The van der Waals surface area contributed by atoms with Gasteiger partial charge < -0.3 is 0 Å². The summed E-state index contributed by atoms with van der Waals surface area (Å²) >= 11 is 5.01. The predicted octanol–water partition coefficient (Wildman–Crippen LogP) is 4.27. The molecule has 0 radical (unpaired) electrons. The van der Waals surface area contributed by atoms with Gasteiger partial charge in [0.1, 0.15) is 5.82 Å². The minimum Gasteiger partial charge on any atom is -0.205 e. The second kappa shape index (κ2) is 3.47. The summed E-state index contributed by atoms with van der Waals surface area (Å²) in [6.07, 6.45) is -2.57. The van der Waals surface area contributed by atoms with E-state index in [1.54, 1.807) is 0 Å². The molecule has 0 spiro atoms. The molecule has 0 nitrogen and oxygen atoms in total. The third-order valence-electron chi connectivity index (χ3n) is 1.91. The summed E-state index contributed by atoms with van der Waals surface area (Å²) in [4.78, 5) is 0.129. The number of fused-ring (bicyclic) bond motifs is 1. The summed E-state index contributed by atoms with van der Waals surface area (Å²) in [5, 5.41) is 1.65. The van der Waals surface area contributed by atoms with Crippen molar-refractivity contribution < 1.29 is 13.2 Å². The number of benzene rings is 1. The van der Waals surface area contributed by atoms with Crippen molar-refractivity contribution in [3.05, 3.63) is 28.9 Å². The van der Waals surface area contributed by atoms with E-state index >= 15 is 0 Å². The van der Waals surface area contributed by atoms with Gasteiger partial charge in [0, 0.05) is 25.9 Å². The van der Waals surface area contributed by atoms with Gasteiger partial charge in [0.05, 0.1) is 0 Å². The molecular formula is C9H5F3S2. The molecule has 0 aliphatic heterocycles. The molecular weight excluding hydrogens is 229 g/mol. The second-order valence-electron chi connectivity index (χ2n) is 2.79.